The van der Waals surface area contributed by atoms with Gasteiger partial charge in [-0.3, -0.25) is 4.84 Å². The molecule has 1 heterocycles. The smallest absolute Gasteiger partial charge is 0.163 e. The Bertz CT molecular complexity index is 126. The molecule has 0 saturated carbocycles. The van der Waals surface area contributed by atoms with Crippen LogP contribution in [0.1, 0.15) is 26.2 Å². The van der Waals surface area contributed by atoms with Gasteiger partial charge in [0.25, 0.3) is 0 Å². The van der Waals surface area contributed by atoms with Crippen LogP contribution in [-0.4, -0.2) is 28.6 Å². The third kappa shape index (κ3) is 2.55. The van der Waals surface area contributed by atoms with Crippen molar-refractivity contribution in [3.8, 4) is 0 Å². The molecule has 1 atom stereocenters. The Labute approximate surface area is 76.6 Å². The number of methoxy groups -OCH3 is 1. The largest absolute Gasteiger partial charge is 0.356 e. The molecule has 0 spiro atoms. The topological polar surface area (TPSA) is 30.5 Å². The second kappa shape index (κ2) is 4.96. The number of nitrogens with one attached hydrogen (secondary N) is 1. The SMILES string of the molecule is CCCNOC1(OC)CCC[SiH2]1. The molecule has 72 valence electrons. The molecule has 1 aliphatic rings. The fraction of sp³-hybridized carbons (Fsp3) is 1.00. The molecule has 1 N–H and O–H groups in total. The van der Waals surface area contributed by atoms with Gasteiger partial charge < -0.3 is 4.74 Å². The van der Waals surface area contributed by atoms with Crippen molar-refractivity contribution >= 4 is 9.52 Å². The van der Waals surface area contributed by atoms with Crippen LogP contribution in [0.3, 0.4) is 0 Å². The molecule has 0 bridgehead atoms. The second-order valence-electron chi connectivity index (χ2n) is 3.32. The van der Waals surface area contributed by atoms with Gasteiger partial charge in [-0.25, -0.2) is 0 Å². The quantitative estimate of drug-likeness (QED) is 0.297. The molecule has 1 fully saturated rings. The fourth-order valence-electron chi connectivity index (χ4n) is 1.55. The van der Waals surface area contributed by atoms with Gasteiger partial charge >= 0.3 is 0 Å². The summed E-state index contributed by atoms with van der Waals surface area (Å²) in [7, 11) is 1.57. The first-order valence-corrected chi connectivity index (χ1v) is 6.50. The third-order valence-corrected chi connectivity index (χ3v) is 4.75. The van der Waals surface area contributed by atoms with Crippen LogP contribution in [0.15, 0.2) is 0 Å². The molecule has 0 amide bonds. The Kier molecular flexibility index (Phi) is 4.21. The Morgan fingerprint density at radius 2 is 2.42 bits per heavy atom. The van der Waals surface area contributed by atoms with Crippen molar-refractivity contribution in [3.63, 3.8) is 0 Å². The lowest BCUT2D eigenvalue weighted by Crippen LogP contribution is -2.42. The van der Waals surface area contributed by atoms with Crippen molar-refractivity contribution in [1.29, 1.82) is 0 Å². The van der Waals surface area contributed by atoms with Crippen molar-refractivity contribution < 1.29 is 9.57 Å². The zero-order valence-electron chi connectivity index (χ0n) is 8.06. The van der Waals surface area contributed by atoms with E-state index in [1.54, 1.807) is 7.11 Å². The maximum absolute atomic E-state index is 5.57. The molecule has 0 aliphatic carbocycles. The predicted octanol–water partition coefficient (Wildman–Crippen LogP) is 0.599. The minimum atomic E-state index is -0.185. The van der Waals surface area contributed by atoms with E-state index in [4.69, 9.17) is 9.57 Å². The maximum atomic E-state index is 5.57. The number of rotatable bonds is 5. The number of hydrogen-bond donors (Lipinski definition) is 1. The molecular formula is C8H19NO2Si. The van der Waals surface area contributed by atoms with Gasteiger partial charge in [0.1, 0.15) is 0 Å². The number of hydroxylamine groups is 1. The van der Waals surface area contributed by atoms with Crippen molar-refractivity contribution in [2.75, 3.05) is 13.7 Å². The van der Waals surface area contributed by atoms with Crippen molar-refractivity contribution in [2.24, 2.45) is 0 Å². The average molecular weight is 189 g/mol. The highest BCUT2D eigenvalue weighted by atomic mass is 28.2. The second-order valence-corrected chi connectivity index (χ2v) is 5.60. The van der Waals surface area contributed by atoms with E-state index >= 15 is 0 Å². The van der Waals surface area contributed by atoms with Gasteiger partial charge in [-0.15, -0.1) is 0 Å². The summed E-state index contributed by atoms with van der Waals surface area (Å²) in [6.07, 6.45) is 3.45. The minimum absolute atomic E-state index is 0.185. The molecule has 0 radical (unpaired) electrons. The van der Waals surface area contributed by atoms with E-state index in [-0.39, 0.29) is 14.9 Å². The summed E-state index contributed by atoms with van der Waals surface area (Å²) in [5.41, 5.74) is 2.79. The Morgan fingerprint density at radius 3 is 2.92 bits per heavy atom. The lowest BCUT2D eigenvalue weighted by molar-refractivity contribution is -0.200. The highest BCUT2D eigenvalue weighted by molar-refractivity contribution is 6.40. The van der Waals surface area contributed by atoms with Crippen LogP contribution >= 0.6 is 0 Å². The number of ether oxygens (including phenoxy) is 1. The maximum Gasteiger partial charge on any atom is 0.163 e. The van der Waals surface area contributed by atoms with E-state index in [0.717, 1.165) is 19.4 Å². The first kappa shape index (κ1) is 10.2. The van der Waals surface area contributed by atoms with Crippen molar-refractivity contribution in [2.45, 2.75) is 37.6 Å². The van der Waals surface area contributed by atoms with Crippen LogP contribution in [0, 0.1) is 0 Å². The van der Waals surface area contributed by atoms with Gasteiger partial charge in [-0.1, -0.05) is 19.4 Å². The van der Waals surface area contributed by atoms with Crippen LogP contribution < -0.4 is 5.48 Å². The lowest BCUT2D eigenvalue weighted by Gasteiger charge is -2.27. The van der Waals surface area contributed by atoms with E-state index in [2.05, 4.69) is 12.4 Å². The molecule has 4 heteroatoms. The van der Waals surface area contributed by atoms with Gasteiger partial charge in [-0.05, 0) is 12.8 Å². The predicted molar refractivity (Wildman–Crippen MR) is 51.7 cm³/mol. The monoisotopic (exact) mass is 189 g/mol. The molecule has 1 rings (SSSR count). The van der Waals surface area contributed by atoms with Crippen LogP contribution in [0.25, 0.3) is 0 Å². The highest BCUT2D eigenvalue weighted by Crippen LogP contribution is 2.26. The zero-order chi connectivity index (χ0) is 8.86. The molecule has 12 heavy (non-hydrogen) atoms. The normalized spacial score (nSPS) is 31.5. The van der Waals surface area contributed by atoms with Crippen molar-refractivity contribution in [3.05, 3.63) is 0 Å². The molecular weight excluding hydrogens is 170 g/mol. The summed E-state index contributed by atoms with van der Waals surface area (Å²) in [5, 5.41) is 0. The fourth-order valence-corrected chi connectivity index (χ4v) is 3.49. The van der Waals surface area contributed by atoms with E-state index in [1.165, 1.54) is 12.5 Å². The Morgan fingerprint density at radius 1 is 1.58 bits per heavy atom. The molecule has 1 saturated heterocycles. The Balaban J connectivity index is 2.24. The van der Waals surface area contributed by atoms with Crippen LogP contribution in [0.5, 0.6) is 0 Å². The van der Waals surface area contributed by atoms with Gasteiger partial charge in [-0.2, -0.15) is 5.48 Å². The first-order chi connectivity index (χ1) is 5.83. The first-order valence-electron chi connectivity index (χ1n) is 4.79. The molecule has 3 nitrogen and oxygen atoms in total. The van der Waals surface area contributed by atoms with Gasteiger partial charge in [0.05, 0.1) is 9.52 Å². The molecule has 0 aromatic heterocycles. The minimum Gasteiger partial charge on any atom is -0.356 e. The zero-order valence-corrected chi connectivity index (χ0v) is 9.47. The van der Waals surface area contributed by atoms with E-state index in [1.807, 2.05) is 0 Å². The van der Waals surface area contributed by atoms with Crippen LogP contribution in [-0.2, 0) is 9.57 Å². The molecule has 1 aliphatic heterocycles. The average Bonchev–Trinajstić information content (AvgIpc) is 2.55. The Hall–Kier alpha value is 0.0969. The molecule has 0 aromatic carbocycles. The van der Waals surface area contributed by atoms with Crippen LogP contribution in [0.4, 0.5) is 0 Å². The van der Waals surface area contributed by atoms with Crippen molar-refractivity contribution in [1.82, 2.24) is 5.48 Å². The standard InChI is InChI=1S/C8H19NO2Si/c1-3-6-9-11-8(10-2)5-4-7-12-8/h9H,3-7,12H2,1-2H3. The van der Waals surface area contributed by atoms with Gasteiger partial charge in [0, 0.05) is 13.7 Å². The van der Waals surface area contributed by atoms with Gasteiger partial charge in [0.2, 0.25) is 0 Å². The lowest BCUT2D eigenvalue weighted by atomic mass is 10.3. The summed E-state index contributed by atoms with van der Waals surface area (Å²) in [6.45, 7) is 3.04. The summed E-state index contributed by atoms with van der Waals surface area (Å²) in [4.78, 5) is 5.57. The number of hydrogen-bond acceptors (Lipinski definition) is 3. The van der Waals surface area contributed by atoms with Crippen LogP contribution in [0.2, 0.25) is 6.04 Å². The van der Waals surface area contributed by atoms with E-state index in [0.29, 0.717) is 0 Å². The summed E-state index contributed by atoms with van der Waals surface area (Å²) >= 11 is 0. The van der Waals surface area contributed by atoms with E-state index < -0.39 is 0 Å². The molecule has 0 aromatic rings. The summed E-state index contributed by atoms with van der Waals surface area (Å²) in [6, 6.07) is 1.35. The van der Waals surface area contributed by atoms with Gasteiger partial charge in [0.15, 0.2) is 5.41 Å². The van der Waals surface area contributed by atoms with E-state index in [9.17, 15) is 0 Å². The molecule has 1 unspecified atom stereocenters. The summed E-state index contributed by atoms with van der Waals surface area (Å²) in [5.74, 6) is 0. The summed E-state index contributed by atoms with van der Waals surface area (Å²) < 4.78 is 5.42. The third-order valence-electron chi connectivity index (χ3n) is 2.35. The highest BCUT2D eigenvalue weighted by Gasteiger charge is 2.35.